The number of nitrogens with zero attached hydrogens (tertiary/aromatic N) is 2. The number of aryl methyl sites for hydroxylation is 1. The van der Waals surface area contributed by atoms with Crippen molar-refractivity contribution in [2.75, 3.05) is 13.7 Å². The third kappa shape index (κ3) is 3.76. The monoisotopic (exact) mass is 390 g/mol. The Balaban J connectivity index is 2.06. The number of ether oxygens (including phenoxy) is 2. The molecular weight excluding hydrogens is 371 g/mol. The molecule has 2 heterocycles. The van der Waals surface area contributed by atoms with E-state index in [-0.39, 0.29) is 5.56 Å². The Hall–Kier alpha value is -2.60. The van der Waals surface area contributed by atoms with Crippen LogP contribution >= 0.6 is 11.6 Å². The van der Waals surface area contributed by atoms with Gasteiger partial charge in [0.25, 0.3) is 0 Å². The van der Waals surface area contributed by atoms with E-state index >= 15 is 0 Å². The van der Waals surface area contributed by atoms with E-state index < -0.39 is 11.8 Å². The lowest BCUT2D eigenvalue weighted by molar-refractivity contribution is 0.0595. The van der Waals surface area contributed by atoms with E-state index in [1.165, 1.54) is 19.2 Å². The summed E-state index contributed by atoms with van der Waals surface area (Å²) in [5.74, 6) is -0.632. The van der Waals surface area contributed by atoms with Crippen molar-refractivity contribution in [2.24, 2.45) is 13.0 Å². The molecule has 2 aromatic heterocycles. The van der Waals surface area contributed by atoms with Crippen LogP contribution in [-0.4, -0.2) is 29.2 Å². The van der Waals surface area contributed by atoms with E-state index in [1.807, 2.05) is 31.7 Å². The Morgan fingerprint density at radius 2 is 2.07 bits per heavy atom. The summed E-state index contributed by atoms with van der Waals surface area (Å²) in [6, 6.07) is 4.55. The van der Waals surface area contributed by atoms with Gasteiger partial charge in [-0.15, -0.1) is 0 Å². The molecule has 0 saturated heterocycles. The minimum atomic E-state index is -0.714. The highest BCUT2D eigenvalue weighted by molar-refractivity contribution is 6.32. The molecule has 142 valence electrons. The second-order valence-corrected chi connectivity index (χ2v) is 7.12. The van der Waals surface area contributed by atoms with Gasteiger partial charge in [-0.05, 0) is 24.1 Å². The third-order valence-electron chi connectivity index (χ3n) is 4.16. The number of methoxy groups -OCH3 is 1. The number of carbonyl (C=O) groups is 1. The maximum atomic E-state index is 14.4. The van der Waals surface area contributed by atoms with Crippen LogP contribution in [0.2, 0.25) is 5.02 Å². The Kier molecular flexibility index (Phi) is 5.37. The van der Waals surface area contributed by atoms with Crippen LogP contribution in [0.3, 0.4) is 0 Å². The Morgan fingerprint density at radius 1 is 1.33 bits per heavy atom. The molecule has 5 nitrogen and oxygen atoms in total. The first kappa shape index (κ1) is 19.2. The average molecular weight is 391 g/mol. The van der Waals surface area contributed by atoms with Crippen LogP contribution in [0, 0.1) is 11.7 Å². The molecule has 3 aromatic rings. The van der Waals surface area contributed by atoms with Crippen molar-refractivity contribution in [2.45, 2.75) is 13.8 Å². The van der Waals surface area contributed by atoms with Crippen LogP contribution in [0.15, 0.2) is 30.6 Å². The van der Waals surface area contributed by atoms with Crippen molar-refractivity contribution < 1.29 is 18.7 Å². The zero-order valence-electron chi connectivity index (χ0n) is 15.5. The first-order valence-electron chi connectivity index (χ1n) is 8.47. The maximum Gasteiger partial charge on any atom is 0.340 e. The molecule has 0 amide bonds. The van der Waals surface area contributed by atoms with E-state index in [2.05, 4.69) is 9.72 Å². The quantitative estimate of drug-likeness (QED) is 0.584. The topological polar surface area (TPSA) is 53.4 Å². The number of pyridine rings is 1. The lowest BCUT2D eigenvalue weighted by atomic mass is 10.0. The van der Waals surface area contributed by atoms with Gasteiger partial charge in [-0.2, -0.15) is 0 Å². The highest BCUT2D eigenvalue weighted by atomic mass is 35.5. The number of carbonyl (C=O) groups excluding carboxylic acids is 1. The largest absolute Gasteiger partial charge is 0.476 e. The molecule has 27 heavy (non-hydrogen) atoms. The van der Waals surface area contributed by atoms with Crippen molar-refractivity contribution in [1.29, 1.82) is 0 Å². The van der Waals surface area contributed by atoms with Crippen molar-refractivity contribution in [3.63, 3.8) is 0 Å². The van der Waals surface area contributed by atoms with Gasteiger partial charge in [0.2, 0.25) is 5.88 Å². The summed E-state index contributed by atoms with van der Waals surface area (Å²) in [6.45, 7) is 4.59. The number of fused-ring (bicyclic) bond motifs is 1. The molecule has 0 aliphatic heterocycles. The second kappa shape index (κ2) is 7.56. The zero-order valence-corrected chi connectivity index (χ0v) is 16.3. The Morgan fingerprint density at radius 3 is 2.70 bits per heavy atom. The van der Waals surface area contributed by atoms with Crippen molar-refractivity contribution in [3.8, 4) is 17.0 Å². The van der Waals surface area contributed by atoms with E-state index in [9.17, 15) is 9.18 Å². The lowest BCUT2D eigenvalue weighted by Crippen LogP contribution is -2.06. The van der Waals surface area contributed by atoms with Gasteiger partial charge >= 0.3 is 5.97 Å². The lowest BCUT2D eigenvalue weighted by Gasteiger charge is -2.10. The molecule has 7 heteroatoms. The average Bonchev–Trinajstić information content (AvgIpc) is 2.95. The zero-order chi connectivity index (χ0) is 19.7. The van der Waals surface area contributed by atoms with Gasteiger partial charge in [-0.25, -0.2) is 14.2 Å². The standard InChI is InChI=1S/C20H20ClFN2O3/c1-11(2)10-27-19-16(21)5-12(8-23-19)15-9-24(3)18-7-14(20(25)26-4)17(22)6-13(15)18/h5-9,11H,10H2,1-4H3. The van der Waals surface area contributed by atoms with Gasteiger partial charge in [-0.3, -0.25) is 0 Å². The molecule has 3 rings (SSSR count). The number of rotatable bonds is 5. The van der Waals surface area contributed by atoms with Crippen LogP contribution in [0.25, 0.3) is 22.0 Å². The van der Waals surface area contributed by atoms with Gasteiger partial charge in [0, 0.05) is 41.5 Å². The number of benzene rings is 1. The van der Waals surface area contributed by atoms with Crippen molar-refractivity contribution >= 4 is 28.5 Å². The Labute approximate surface area is 161 Å². The summed E-state index contributed by atoms with van der Waals surface area (Å²) in [7, 11) is 3.04. The molecule has 1 aromatic carbocycles. The fourth-order valence-electron chi connectivity index (χ4n) is 2.82. The third-order valence-corrected chi connectivity index (χ3v) is 4.43. The number of aromatic nitrogens is 2. The number of halogens is 2. The molecule has 0 radical (unpaired) electrons. The van der Waals surface area contributed by atoms with Gasteiger partial charge in [0.05, 0.1) is 19.3 Å². The molecule has 0 unspecified atom stereocenters. The molecule has 0 bridgehead atoms. The van der Waals surface area contributed by atoms with Crippen molar-refractivity contribution in [3.05, 3.63) is 47.0 Å². The summed E-state index contributed by atoms with van der Waals surface area (Å²) >= 11 is 6.31. The Bertz CT molecular complexity index is 1010. The molecule has 0 aliphatic rings. The number of hydrogen-bond donors (Lipinski definition) is 0. The van der Waals surface area contributed by atoms with Crippen LogP contribution in [0.5, 0.6) is 5.88 Å². The van der Waals surface area contributed by atoms with Gasteiger partial charge in [0.15, 0.2) is 0 Å². The maximum absolute atomic E-state index is 14.4. The summed E-state index contributed by atoms with van der Waals surface area (Å²) < 4.78 is 26.5. The summed E-state index contributed by atoms with van der Waals surface area (Å²) in [5.41, 5.74) is 2.08. The fraction of sp³-hybridized carbons (Fsp3) is 0.300. The molecule has 0 N–H and O–H groups in total. The van der Waals surface area contributed by atoms with E-state index in [0.717, 1.165) is 11.1 Å². The van der Waals surface area contributed by atoms with E-state index in [4.69, 9.17) is 16.3 Å². The number of hydrogen-bond acceptors (Lipinski definition) is 4. The van der Waals surface area contributed by atoms with E-state index in [0.29, 0.717) is 34.3 Å². The van der Waals surface area contributed by atoms with Gasteiger partial charge < -0.3 is 14.0 Å². The number of esters is 1. The van der Waals surface area contributed by atoms with Gasteiger partial charge in [0.1, 0.15) is 10.8 Å². The molecule has 0 fully saturated rings. The second-order valence-electron chi connectivity index (χ2n) is 6.71. The SMILES string of the molecule is COC(=O)c1cc2c(cc1F)c(-c1cnc(OCC(C)C)c(Cl)c1)cn2C. The summed E-state index contributed by atoms with van der Waals surface area (Å²) in [5, 5.41) is 1.04. The molecule has 0 spiro atoms. The molecule has 0 saturated carbocycles. The van der Waals surface area contributed by atoms with Crippen LogP contribution < -0.4 is 4.74 Å². The fourth-order valence-corrected chi connectivity index (χ4v) is 3.04. The minimum absolute atomic E-state index is 0.105. The first-order chi connectivity index (χ1) is 12.8. The molecular formula is C20H20ClFN2O3. The van der Waals surface area contributed by atoms with Crippen LogP contribution in [-0.2, 0) is 11.8 Å². The predicted octanol–water partition coefficient (Wildman–Crippen LogP) is 4.85. The normalized spacial score (nSPS) is 11.2. The smallest absolute Gasteiger partial charge is 0.340 e. The van der Waals surface area contributed by atoms with E-state index in [1.54, 1.807) is 12.3 Å². The molecule has 0 aliphatic carbocycles. The summed E-state index contributed by atoms with van der Waals surface area (Å²) in [6.07, 6.45) is 3.48. The van der Waals surface area contributed by atoms with Crippen LogP contribution in [0.4, 0.5) is 4.39 Å². The molecule has 0 atom stereocenters. The highest BCUT2D eigenvalue weighted by Gasteiger charge is 2.18. The summed E-state index contributed by atoms with van der Waals surface area (Å²) in [4.78, 5) is 16.0. The predicted molar refractivity (Wildman–Crippen MR) is 103 cm³/mol. The van der Waals surface area contributed by atoms with Gasteiger partial charge in [-0.1, -0.05) is 25.4 Å². The highest BCUT2D eigenvalue weighted by Crippen LogP contribution is 2.35. The van der Waals surface area contributed by atoms with Crippen molar-refractivity contribution in [1.82, 2.24) is 9.55 Å². The van der Waals surface area contributed by atoms with Crippen LogP contribution in [0.1, 0.15) is 24.2 Å². The first-order valence-corrected chi connectivity index (χ1v) is 8.85. The minimum Gasteiger partial charge on any atom is -0.476 e.